The number of halogens is 3. The SMILES string of the molecule is CC(C)(CO)Nc1c(F)c(Cl)c(-c2cn3cc(NC(=O)C4CC4F)nc3cn2)c2cn[nH]c12. The normalized spacial score (nSPS) is 18.1. The quantitative estimate of drug-likeness (QED) is 0.338. The van der Waals surface area contributed by atoms with E-state index in [-0.39, 0.29) is 29.6 Å². The molecule has 0 radical (unpaired) electrons. The molecular weight excluding hydrogens is 456 g/mol. The number of rotatable bonds is 6. The Hall–Kier alpha value is -3.31. The number of hydrogen-bond donors (Lipinski definition) is 4. The van der Waals surface area contributed by atoms with E-state index in [0.717, 1.165) is 0 Å². The summed E-state index contributed by atoms with van der Waals surface area (Å²) < 4.78 is 30.1. The van der Waals surface area contributed by atoms with Gasteiger partial charge in [-0.25, -0.2) is 13.8 Å². The topological polar surface area (TPSA) is 120 Å². The highest BCUT2D eigenvalue weighted by atomic mass is 35.5. The van der Waals surface area contributed by atoms with E-state index in [2.05, 4.69) is 30.8 Å². The van der Waals surface area contributed by atoms with Crippen LogP contribution in [0.5, 0.6) is 0 Å². The fourth-order valence-corrected chi connectivity index (χ4v) is 3.90. The van der Waals surface area contributed by atoms with E-state index in [1.807, 2.05) is 0 Å². The van der Waals surface area contributed by atoms with Gasteiger partial charge in [0.25, 0.3) is 0 Å². The van der Waals surface area contributed by atoms with Crippen molar-refractivity contribution >= 4 is 45.6 Å². The van der Waals surface area contributed by atoms with Crippen LogP contribution in [-0.2, 0) is 4.79 Å². The first-order valence-electron chi connectivity index (χ1n) is 10.2. The summed E-state index contributed by atoms with van der Waals surface area (Å²) in [6, 6.07) is 0. The number of carbonyl (C=O) groups excluding carboxylic acids is 1. The average Bonchev–Trinajstić information content (AvgIpc) is 3.15. The van der Waals surface area contributed by atoms with Gasteiger partial charge in [0.2, 0.25) is 5.91 Å². The second kappa shape index (κ2) is 7.63. The lowest BCUT2D eigenvalue weighted by atomic mass is 10.0. The van der Waals surface area contributed by atoms with E-state index in [0.29, 0.717) is 27.8 Å². The highest BCUT2D eigenvalue weighted by molar-refractivity contribution is 6.35. The molecular formula is C21H20ClF2N7O2. The summed E-state index contributed by atoms with van der Waals surface area (Å²) in [5, 5.41) is 22.3. The third kappa shape index (κ3) is 3.76. The number of anilines is 2. The highest BCUT2D eigenvalue weighted by Gasteiger charge is 2.43. The molecule has 5 rings (SSSR count). The van der Waals surface area contributed by atoms with Crippen LogP contribution in [0.4, 0.5) is 20.3 Å². The molecule has 1 aliphatic rings. The number of amides is 1. The molecule has 1 saturated carbocycles. The second-order valence-electron chi connectivity index (χ2n) is 8.72. The Bertz CT molecular complexity index is 1400. The van der Waals surface area contributed by atoms with Gasteiger partial charge >= 0.3 is 0 Å². The van der Waals surface area contributed by atoms with Crippen molar-refractivity contribution in [1.29, 1.82) is 0 Å². The van der Waals surface area contributed by atoms with Crippen LogP contribution in [0.1, 0.15) is 20.3 Å². The molecule has 172 valence electrons. The molecule has 0 spiro atoms. The molecule has 33 heavy (non-hydrogen) atoms. The number of fused-ring (bicyclic) bond motifs is 2. The highest BCUT2D eigenvalue weighted by Crippen LogP contribution is 2.41. The number of aromatic amines is 1. The zero-order valence-corrected chi connectivity index (χ0v) is 18.4. The number of nitrogens with zero attached hydrogens (tertiary/aromatic N) is 4. The van der Waals surface area contributed by atoms with E-state index < -0.39 is 29.4 Å². The summed E-state index contributed by atoms with van der Waals surface area (Å²) >= 11 is 6.44. The Morgan fingerprint density at radius 2 is 2.15 bits per heavy atom. The monoisotopic (exact) mass is 475 g/mol. The number of H-pyrrole nitrogens is 1. The van der Waals surface area contributed by atoms with Gasteiger partial charge in [0.05, 0.1) is 58.6 Å². The molecule has 3 aromatic heterocycles. The maximum absolute atomic E-state index is 15.3. The fraction of sp³-hybridized carbons (Fsp3) is 0.333. The maximum Gasteiger partial charge on any atom is 0.231 e. The number of aromatic nitrogens is 5. The molecule has 4 aromatic rings. The molecule has 1 aromatic carbocycles. The minimum atomic E-state index is -1.11. The lowest BCUT2D eigenvalue weighted by Crippen LogP contribution is -2.35. The number of imidazole rings is 1. The zero-order chi connectivity index (χ0) is 23.5. The Morgan fingerprint density at radius 1 is 1.39 bits per heavy atom. The number of hydrogen-bond acceptors (Lipinski definition) is 6. The van der Waals surface area contributed by atoms with Crippen molar-refractivity contribution in [3.05, 3.63) is 35.6 Å². The molecule has 1 aliphatic carbocycles. The number of benzene rings is 1. The lowest BCUT2D eigenvalue weighted by molar-refractivity contribution is -0.117. The van der Waals surface area contributed by atoms with Crippen molar-refractivity contribution in [3.8, 4) is 11.3 Å². The van der Waals surface area contributed by atoms with Crippen LogP contribution in [0.3, 0.4) is 0 Å². The first-order valence-corrected chi connectivity index (χ1v) is 10.6. The third-order valence-electron chi connectivity index (χ3n) is 5.55. The van der Waals surface area contributed by atoms with Crippen molar-refractivity contribution in [2.24, 2.45) is 5.92 Å². The molecule has 0 saturated heterocycles. The summed E-state index contributed by atoms with van der Waals surface area (Å²) in [5.74, 6) is -1.51. The molecule has 0 aliphatic heterocycles. The van der Waals surface area contributed by atoms with E-state index in [1.54, 1.807) is 30.6 Å². The first kappa shape index (κ1) is 21.5. The molecule has 4 N–H and O–H groups in total. The van der Waals surface area contributed by atoms with Gasteiger partial charge in [-0.2, -0.15) is 5.10 Å². The van der Waals surface area contributed by atoms with Gasteiger partial charge in [0.15, 0.2) is 17.3 Å². The number of aliphatic hydroxyl groups is 1. The molecule has 2 unspecified atom stereocenters. The van der Waals surface area contributed by atoms with Gasteiger partial charge in [0, 0.05) is 17.1 Å². The van der Waals surface area contributed by atoms with Crippen molar-refractivity contribution in [2.45, 2.75) is 32.0 Å². The molecule has 12 heteroatoms. The maximum atomic E-state index is 15.3. The zero-order valence-electron chi connectivity index (χ0n) is 17.7. The predicted molar refractivity (Wildman–Crippen MR) is 119 cm³/mol. The van der Waals surface area contributed by atoms with Gasteiger partial charge in [-0.15, -0.1) is 0 Å². The molecule has 1 amide bonds. The summed E-state index contributed by atoms with van der Waals surface area (Å²) in [4.78, 5) is 20.6. The van der Waals surface area contributed by atoms with E-state index in [9.17, 15) is 14.3 Å². The third-order valence-corrected chi connectivity index (χ3v) is 5.90. The van der Waals surface area contributed by atoms with Crippen molar-refractivity contribution < 1.29 is 18.7 Å². The van der Waals surface area contributed by atoms with Crippen LogP contribution in [0.2, 0.25) is 5.02 Å². The van der Waals surface area contributed by atoms with Crippen molar-refractivity contribution in [3.63, 3.8) is 0 Å². The average molecular weight is 476 g/mol. The lowest BCUT2D eigenvalue weighted by Gasteiger charge is -2.26. The number of alkyl halides is 1. The van der Waals surface area contributed by atoms with Crippen LogP contribution >= 0.6 is 11.6 Å². The first-order chi connectivity index (χ1) is 15.7. The van der Waals surface area contributed by atoms with Gasteiger partial charge in [0.1, 0.15) is 6.17 Å². The molecule has 3 heterocycles. The van der Waals surface area contributed by atoms with Crippen molar-refractivity contribution in [2.75, 3.05) is 17.2 Å². The Labute approximate surface area is 191 Å². The number of nitrogens with one attached hydrogen (secondary N) is 3. The Balaban J connectivity index is 1.56. The van der Waals surface area contributed by atoms with Crippen LogP contribution in [0.15, 0.2) is 24.8 Å². The molecule has 1 fully saturated rings. The Kier molecular flexibility index (Phi) is 4.98. The van der Waals surface area contributed by atoms with Crippen LogP contribution in [0, 0.1) is 11.7 Å². The van der Waals surface area contributed by atoms with Crippen LogP contribution < -0.4 is 10.6 Å². The standard InChI is InChI=1S/C21H20ClF2N7O2/c1-21(2,8-32)29-19-17(24)16(22)15(10-4-26-30-18(10)19)12-6-31-7-13(27-14(31)5-25-12)28-20(33)9-3-11(9)23/h4-7,9,11,29,32H,3,8H2,1-2H3,(H,26,30)(H,28,33). The van der Waals surface area contributed by atoms with E-state index in [4.69, 9.17) is 11.6 Å². The van der Waals surface area contributed by atoms with Crippen LogP contribution in [0.25, 0.3) is 27.8 Å². The minimum absolute atomic E-state index is 0.0928. The summed E-state index contributed by atoms with van der Waals surface area (Å²) in [6.07, 6.45) is 5.25. The van der Waals surface area contributed by atoms with Gasteiger partial charge in [-0.3, -0.25) is 14.9 Å². The summed E-state index contributed by atoms with van der Waals surface area (Å²) in [6.45, 7) is 3.21. The molecule has 2 atom stereocenters. The predicted octanol–water partition coefficient (Wildman–Crippen LogP) is 3.54. The molecule has 9 nitrogen and oxygen atoms in total. The van der Waals surface area contributed by atoms with E-state index >= 15 is 4.39 Å². The van der Waals surface area contributed by atoms with Crippen LogP contribution in [-0.4, -0.2) is 53.9 Å². The largest absolute Gasteiger partial charge is 0.394 e. The smallest absolute Gasteiger partial charge is 0.231 e. The van der Waals surface area contributed by atoms with Gasteiger partial charge < -0.3 is 20.1 Å². The minimum Gasteiger partial charge on any atom is -0.394 e. The van der Waals surface area contributed by atoms with Gasteiger partial charge in [-0.1, -0.05) is 11.6 Å². The summed E-state index contributed by atoms with van der Waals surface area (Å²) in [5.41, 5.74) is 0.775. The van der Waals surface area contributed by atoms with E-state index in [1.165, 1.54) is 12.4 Å². The number of aliphatic hydroxyl groups excluding tert-OH is 1. The fourth-order valence-electron chi connectivity index (χ4n) is 3.60. The summed E-state index contributed by atoms with van der Waals surface area (Å²) in [7, 11) is 0. The van der Waals surface area contributed by atoms with Crippen molar-refractivity contribution in [1.82, 2.24) is 24.6 Å². The number of carbonyl (C=O) groups is 1. The second-order valence-corrected chi connectivity index (χ2v) is 9.09. The molecule has 0 bridgehead atoms. The Morgan fingerprint density at radius 3 is 2.85 bits per heavy atom. The van der Waals surface area contributed by atoms with Gasteiger partial charge in [-0.05, 0) is 20.3 Å².